The maximum atomic E-state index is 15.1. The molecule has 356 valence electrons. The number of aromatic nitrogens is 3. The molecule has 1 unspecified atom stereocenters. The molecular formula is C51H64N8O7S. The van der Waals surface area contributed by atoms with E-state index in [1.807, 2.05) is 32.2 Å². The monoisotopic (exact) mass is 932 g/mol. The lowest BCUT2D eigenvalue weighted by Gasteiger charge is -2.41. The summed E-state index contributed by atoms with van der Waals surface area (Å²) in [5.74, 6) is 2.10. The summed E-state index contributed by atoms with van der Waals surface area (Å²) in [5.41, 5.74) is 7.36. The molecule has 5 atom stereocenters. The Morgan fingerprint density at radius 3 is 2.63 bits per heavy atom. The van der Waals surface area contributed by atoms with Gasteiger partial charge in [0.15, 0.2) is 0 Å². The quantitative estimate of drug-likeness (QED) is 0.108. The summed E-state index contributed by atoms with van der Waals surface area (Å²) in [6, 6.07) is 8.53. The predicted octanol–water partition coefficient (Wildman–Crippen LogP) is 6.11. The van der Waals surface area contributed by atoms with Crippen molar-refractivity contribution in [3.05, 3.63) is 70.8 Å². The fourth-order valence-electron chi connectivity index (χ4n) is 9.82. The first kappa shape index (κ1) is 49.0. The van der Waals surface area contributed by atoms with Gasteiger partial charge < -0.3 is 29.2 Å². The fourth-order valence-corrected chi connectivity index (χ4v) is 10.7. The molecule has 4 aromatic rings. The summed E-state index contributed by atoms with van der Waals surface area (Å²) in [5, 5.41) is 8.00. The van der Waals surface area contributed by atoms with Crippen LogP contribution in [0.1, 0.15) is 90.1 Å². The lowest BCUT2D eigenvalue weighted by Crippen LogP contribution is -2.67. The minimum absolute atomic E-state index is 0.0564. The van der Waals surface area contributed by atoms with E-state index in [1.165, 1.54) is 27.3 Å². The van der Waals surface area contributed by atoms with Crippen molar-refractivity contribution in [3.63, 3.8) is 0 Å². The standard InChI is InChI=1S/C51H64N8O7S/c1-11-16-42(60)57-24-21-34(28-57)47(62)56(9)44(31(4)5)46(61)54-51(12-2)27-41-53-39(29-67-41)33-19-20-40-36(25-33)37(45(58(40)13-3)35-17-14-22-52-43(35)32(6)65-10)26-50(7,8)30-66-48(63)38-18-15-23-59(55-38)49(51)64/h12,14,17,19-20,22,25,29,31-32,34,38,44,55H,2,13,15,18,21,23-24,26-28,30H2,1,3-10H3,(H,54,61)/t32-,34-,38-,44-,51?/m0/s1. The van der Waals surface area contributed by atoms with Crippen LogP contribution in [-0.2, 0) is 52.8 Å². The van der Waals surface area contributed by atoms with Crippen molar-refractivity contribution in [3.8, 4) is 34.4 Å². The molecule has 2 saturated heterocycles. The van der Waals surface area contributed by atoms with Crippen LogP contribution in [0.3, 0.4) is 0 Å². The zero-order valence-electron chi connectivity index (χ0n) is 40.2. The summed E-state index contributed by atoms with van der Waals surface area (Å²) in [4.78, 5) is 83.3. The number of hydrogen-bond donors (Lipinski definition) is 2. The number of methoxy groups -OCH3 is 1. The number of hydrogen-bond acceptors (Lipinski definition) is 11. The molecule has 2 N–H and O–H groups in total. The van der Waals surface area contributed by atoms with Gasteiger partial charge in [0.25, 0.3) is 11.8 Å². The number of likely N-dealkylation sites (N-methyl/N-ethyl adjacent to an activating group) is 1. The molecule has 0 aliphatic carbocycles. The highest BCUT2D eigenvalue weighted by atomic mass is 32.1. The van der Waals surface area contributed by atoms with Gasteiger partial charge in [0.1, 0.15) is 17.6 Å². The summed E-state index contributed by atoms with van der Waals surface area (Å²) in [6.45, 7) is 19.3. The lowest BCUT2D eigenvalue weighted by atomic mass is 9.84. The smallest absolute Gasteiger partial charge is 0.324 e. The van der Waals surface area contributed by atoms with Crippen LogP contribution >= 0.6 is 11.3 Å². The second-order valence-corrected chi connectivity index (χ2v) is 20.0. The molecule has 67 heavy (non-hydrogen) atoms. The molecule has 0 saturated carbocycles. The zero-order chi connectivity index (χ0) is 48.4. The van der Waals surface area contributed by atoms with E-state index >= 15 is 4.79 Å². The van der Waals surface area contributed by atoms with Crippen molar-refractivity contribution in [2.24, 2.45) is 17.3 Å². The summed E-state index contributed by atoms with van der Waals surface area (Å²) in [7, 11) is 3.26. The number of nitrogens with zero attached hydrogens (tertiary/aromatic N) is 6. The Hall–Kier alpha value is -5.89. The van der Waals surface area contributed by atoms with Crippen molar-refractivity contribution in [2.45, 2.75) is 111 Å². The SMILES string of the molecule is C=CC1(NC(=O)[C@H](C(C)C)N(C)C(=O)[C@H]2CCN(C(=O)C#CC)C2)Cc2nc(cs2)-c2ccc3c(c2)c(c(-c2cccnc2[C@H](C)OC)n3CC)CC(C)(C)COC(=O)[C@@H]2CCCN(N2)C1=O. The van der Waals surface area contributed by atoms with Crippen LogP contribution in [0.2, 0.25) is 0 Å². The first-order valence-corrected chi connectivity index (χ1v) is 24.1. The second-order valence-electron chi connectivity index (χ2n) is 19.1. The van der Waals surface area contributed by atoms with E-state index in [4.69, 9.17) is 19.4 Å². The van der Waals surface area contributed by atoms with Crippen LogP contribution in [0.5, 0.6) is 0 Å². The second kappa shape index (κ2) is 20.1. The average Bonchev–Trinajstić information content (AvgIpc) is 4.08. The number of hydrazine groups is 1. The summed E-state index contributed by atoms with van der Waals surface area (Å²) >= 11 is 1.37. The summed E-state index contributed by atoms with van der Waals surface area (Å²) in [6.07, 6.45) is 4.82. The van der Waals surface area contributed by atoms with Crippen molar-refractivity contribution < 1.29 is 33.4 Å². The highest BCUT2D eigenvalue weighted by Crippen LogP contribution is 2.42. The van der Waals surface area contributed by atoms with Gasteiger partial charge in [-0.15, -0.1) is 17.9 Å². The number of pyridine rings is 1. The number of fused-ring (bicyclic) bond motifs is 6. The minimum atomic E-state index is -1.75. The Morgan fingerprint density at radius 2 is 1.93 bits per heavy atom. The third kappa shape index (κ3) is 9.91. The van der Waals surface area contributed by atoms with Gasteiger partial charge in [0.2, 0.25) is 11.8 Å². The van der Waals surface area contributed by atoms with E-state index in [0.29, 0.717) is 49.5 Å². The van der Waals surface area contributed by atoms with Crippen LogP contribution in [0.25, 0.3) is 33.4 Å². The molecular weight excluding hydrogens is 869 g/mol. The van der Waals surface area contributed by atoms with E-state index in [1.54, 1.807) is 32.2 Å². The molecule has 0 spiro atoms. The normalized spacial score (nSPS) is 21.8. The number of cyclic esters (lactones) is 1. The highest BCUT2D eigenvalue weighted by molar-refractivity contribution is 7.10. The molecule has 0 radical (unpaired) electrons. The zero-order valence-corrected chi connectivity index (χ0v) is 41.0. The van der Waals surface area contributed by atoms with E-state index in [2.05, 4.69) is 78.8 Å². The Morgan fingerprint density at radius 1 is 1.15 bits per heavy atom. The van der Waals surface area contributed by atoms with Gasteiger partial charge in [-0.2, -0.15) is 0 Å². The molecule has 16 heteroatoms. The molecule has 3 aromatic heterocycles. The van der Waals surface area contributed by atoms with Gasteiger partial charge in [0.05, 0.1) is 40.7 Å². The number of esters is 1. The molecule has 1 aromatic carbocycles. The van der Waals surface area contributed by atoms with Crippen molar-refractivity contribution in [2.75, 3.05) is 40.4 Å². The molecule has 6 bridgehead atoms. The molecule has 2 fully saturated rings. The molecule has 6 heterocycles. The summed E-state index contributed by atoms with van der Waals surface area (Å²) < 4.78 is 14.3. The van der Waals surface area contributed by atoms with E-state index in [-0.39, 0.29) is 50.0 Å². The van der Waals surface area contributed by atoms with Crippen LogP contribution in [0, 0.1) is 29.1 Å². The van der Waals surface area contributed by atoms with Crippen LogP contribution < -0.4 is 10.7 Å². The number of aryl methyl sites for hydroxylation is 1. The van der Waals surface area contributed by atoms with Crippen molar-refractivity contribution in [1.29, 1.82) is 0 Å². The van der Waals surface area contributed by atoms with Crippen molar-refractivity contribution in [1.82, 2.24) is 40.1 Å². The molecule has 3 aliphatic heterocycles. The third-order valence-electron chi connectivity index (χ3n) is 13.4. The number of ether oxygens (including phenoxy) is 2. The Labute approximate surface area is 397 Å². The van der Waals surface area contributed by atoms with E-state index in [0.717, 1.165) is 39.0 Å². The maximum absolute atomic E-state index is 15.1. The number of carbonyl (C=O) groups is 5. The Kier molecular flexibility index (Phi) is 14.7. The Bertz CT molecular complexity index is 2620. The molecule has 3 aliphatic rings. The number of amides is 4. The molecule has 4 amide bonds. The van der Waals surface area contributed by atoms with Gasteiger partial charge in [0, 0.05) is 85.8 Å². The van der Waals surface area contributed by atoms with E-state index < -0.39 is 46.7 Å². The van der Waals surface area contributed by atoms with Crippen LogP contribution in [0.4, 0.5) is 0 Å². The van der Waals surface area contributed by atoms with Crippen LogP contribution in [0.15, 0.2) is 54.6 Å². The first-order valence-electron chi connectivity index (χ1n) is 23.2. The maximum Gasteiger partial charge on any atom is 0.324 e. The Balaban J connectivity index is 1.30. The molecule has 15 nitrogen and oxygen atoms in total. The average molecular weight is 933 g/mol. The number of likely N-dealkylation sites (tertiary alicyclic amines) is 1. The number of benzene rings is 1. The fraction of sp³-hybridized carbons (Fsp3) is 0.510. The van der Waals surface area contributed by atoms with Crippen molar-refractivity contribution >= 4 is 51.8 Å². The topological polar surface area (TPSA) is 168 Å². The van der Waals surface area contributed by atoms with Gasteiger partial charge in [-0.1, -0.05) is 45.8 Å². The number of carbonyl (C=O) groups excluding carboxylic acids is 5. The number of nitrogens with one attached hydrogen (secondary N) is 2. The number of thiazole rings is 1. The van der Waals surface area contributed by atoms with Crippen LogP contribution in [-0.4, -0.2) is 117 Å². The van der Waals surface area contributed by atoms with Gasteiger partial charge >= 0.3 is 5.97 Å². The highest BCUT2D eigenvalue weighted by Gasteiger charge is 2.46. The van der Waals surface area contributed by atoms with Gasteiger partial charge in [-0.25, -0.2) is 10.4 Å². The van der Waals surface area contributed by atoms with E-state index in [9.17, 15) is 19.2 Å². The lowest BCUT2D eigenvalue weighted by molar-refractivity contribution is -0.156. The van der Waals surface area contributed by atoms with Gasteiger partial charge in [-0.05, 0) is 88.1 Å². The van der Waals surface area contributed by atoms with Gasteiger partial charge in [-0.3, -0.25) is 34.0 Å². The predicted molar refractivity (Wildman–Crippen MR) is 258 cm³/mol. The third-order valence-corrected chi connectivity index (χ3v) is 14.2. The molecule has 7 rings (SSSR count). The largest absolute Gasteiger partial charge is 0.464 e. The number of rotatable bonds is 10. The first-order chi connectivity index (χ1) is 32.0. The minimum Gasteiger partial charge on any atom is -0.464 e.